The van der Waals surface area contributed by atoms with E-state index in [0.717, 1.165) is 17.0 Å². The van der Waals surface area contributed by atoms with E-state index in [9.17, 15) is 4.79 Å². The Morgan fingerprint density at radius 3 is 2.73 bits per heavy atom. The van der Waals surface area contributed by atoms with Gasteiger partial charge in [-0.15, -0.1) is 0 Å². The topological polar surface area (TPSA) is 68.5 Å². The highest BCUT2D eigenvalue weighted by atomic mass is 16.5. The van der Waals surface area contributed by atoms with E-state index in [2.05, 4.69) is 10.1 Å². The Balaban J connectivity index is 1.57. The Kier molecular flexibility index (Phi) is 4.39. The molecule has 0 radical (unpaired) electrons. The van der Waals surface area contributed by atoms with Crippen LogP contribution in [0.4, 0.5) is 5.69 Å². The van der Waals surface area contributed by atoms with Crippen LogP contribution < -0.4 is 9.64 Å². The zero-order chi connectivity index (χ0) is 17.9. The molecule has 0 saturated carbocycles. The van der Waals surface area contributed by atoms with E-state index in [1.807, 2.05) is 61.5 Å². The van der Waals surface area contributed by atoms with Crippen LogP contribution in [-0.2, 0) is 4.79 Å². The number of anilines is 1. The zero-order valence-electron chi connectivity index (χ0n) is 14.5. The van der Waals surface area contributed by atoms with Gasteiger partial charge in [0.15, 0.2) is 0 Å². The van der Waals surface area contributed by atoms with E-state index in [-0.39, 0.29) is 11.8 Å². The monoisotopic (exact) mass is 349 g/mol. The largest absolute Gasteiger partial charge is 0.493 e. The molecule has 0 N–H and O–H groups in total. The number of ether oxygens (including phenoxy) is 1. The first kappa shape index (κ1) is 16.3. The number of aromatic nitrogens is 2. The van der Waals surface area contributed by atoms with Crippen molar-refractivity contribution in [1.82, 2.24) is 10.1 Å². The molecule has 2 aromatic carbocycles. The normalized spacial score (nSPS) is 16.9. The lowest BCUT2D eigenvalue weighted by Crippen LogP contribution is -2.24. The standard InChI is InChI=1S/C20H19N3O3/c1-2-25-17-11-7-6-10-16(17)19-21-20(26-22-19)14-12-18(24)23(13-14)15-8-4-3-5-9-15/h3-11,14H,2,12-13H2,1H3. The van der Waals surface area contributed by atoms with E-state index < -0.39 is 0 Å². The number of hydrogen-bond acceptors (Lipinski definition) is 5. The molecule has 1 saturated heterocycles. The fraction of sp³-hybridized carbons (Fsp3) is 0.250. The van der Waals surface area contributed by atoms with Crippen LogP contribution in [-0.4, -0.2) is 29.2 Å². The molecule has 1 aromatic heterocycles. The van der Waals surface area contributed by atoms with Gasteiger partial charge >= 0.3 is 0 Å². The number of rotatable bonds is 5. The van der Waals surface area contributed by atoms with Crippen LogP contribution >= 0.6 is 0 Å². The molecule has 1 fully saturated rings. The Hall–Kier alpha value is -3.15. The first-order valence-corrected chi connectivity index (χ1v) is 8.67. The van der Waals surface area contributed by atoms with Crippen LogP contribution in [0.5, 0.6) is 5.75 Å². The van der Waals surface area contributed by atoms with Gasteiger partial charge in [-0.05, 0) is 31.2 Å². The van der Waals surface area contributed by atoms with Crippen molar-refractivity contribution in [2.24, 2.45) is 0 Å². The van der Waals surface area contributed by atoms with Gasteiger partial charge in [-0.2, -0.15) is 4.98 Å². The van der Waals surface area contributed by atoms with Gasteiger partial charge in [-0.3, -0.25) is 4.79 Å². The van der Waals surface area contributed by atoms with Crippen LogP contribution in [0.3, 0.4) is 0 Å². The molecule has 2 heterocycles. The van der Waals surface area contributed by atoms with Crippen LogP contribution in [0.1, 0.15) is 25.2 Å². The highest BCUT2D eigenvalue weighted by molar-refractivity contribution is 5.96. The second kappa shape index (κ2) is 7.00. The smallest absolute Gasteiger partial charge is 0.232 e. The highest BCUT2D eigenvalue weighted by Gasteiger charge is 2.35. The molecule has 3 aromatic rings. The molecule has 1 amide bonds. The van der Waals surface area contributed by atoms with Gasteiger partial charge in [0, 0.05) is 18.7 Å². The lowest BCUT2D eigenvalue weighted by molar-refractivity contribution is -0.117. The third kappa shape index (κ3) is 3.06. The molecule has 0 aliphatic carbocycles. The third-order valence-electron chi connectivity index (χ3n) is 4.41. The SMILES string of the molecule is CCOc1ccccc1-c1noc(C2CC(=O)N(c3ccccc3)C2)n1. The molecule has 1 atom stereocenters. The molecule has 4 rings (SSSR count). The average Bonchev–Trinajstić information content (AvgIpc) is 3.30. The minimum absolute atomic E-state index is 0.0654. The van der Waals surface area contributed by atoms with Crippen LogP contribution in [0.2, 0.25) is 0 Å². The van der Waals surface area contributed by atoms with Crippen molar-refractivity contribution in [3.05, 3.63) is 60.5 Å². The van der Waals surface area contributed by atoms with Crippen molar-refractivity contribution in [2.75, 3.05) is 18.1 Å². The quantitative estimate of drug-likeness (QED) is 0.703. The van der Waals surface area contributed by atoms with Crippen molar-refractivity contribution in [2.45, 2.75) is 19.3 Å². The molecule has 1 aliphatic heterocycles. The average molecular weight is 349 g/mol. The molecule has 0 spiro atoms. The fourth-order valence-corrected chi connectivity index (χ4v) is 3.17. The zero-order valence-corrected chi connectivity index (χ0v) is 14.5. The summed E-state index contributed by atoms with van der Waals surface area (Å²) in [5.74, 6) is 1.64. The second-order valence-electron chi connectivity index (χ2n) is 6.13. The summed E-state index contributed by atoms with van der Waals surface area (Å²) in [5, 5.41) is 4.10. The summed E-state index contributed by atoms with van der Waals surface area (Å²) in [5.41, 5.74) is 1.68. The van der Waals surface area contributed by atoms with E-state index in [0.29, 0.717) is 31.3 Å². The lowest BCUT2D eigenvalue weighted by atomic mass is 10.1. The third-order valence-corrected chi connectivity index (χ3v) is 4.41. The number of para-hydroxylation sites is 2. The first-order valence-electron chi connectivity index (χ1n) is 8.67. The summed E-state index contributed by atoms with van der Waals surface area (Å²) < 4.78 is 11.1. The number of hydrogen-bond donors (Lipinski definition) is 0. The van der Waals surface area contributed by atoms with E-state index in [1.54, 1.807) is 4.90 Å². The maximum atomic E-state index is 12.4. The summed E-state index contributed by atoms with van der Waals surface area (Å²) >= 11 is 0. The van der Waals surface area contributed by atoms with Gasteiger partial charge in [-0.1, -0.05) is 35.5 Å². The molecular weight excluding hydrogens is 330 g/mol. The Morgan fingerprint density at radius 2 is 1.92 bits per heavy atom. The molecule has 6 nitrogen and oxygen atoms in total. The van der Waals surface area contributed by atoms with Crippen LogP contribution in [0.25, 0.3) is 11.4 Å². The molecule has 26 heavy (non-hydrogen) atoms. The maximum Gasteiger partial charge on any atom is 0.232 e. The van der Waals surface area contributed by atoms with Crippen LogP contribution in [0.15, 0.2) is 59.1 Å². The molecular formula is C20H19N3O3. The van der Waals surface area contributed by atoms with Crippen molar-refractivity contribution in [1.29, 1.82) is 0 Å². The van der Waals surface area contributed by atoms with Crippen LogP contribution in [0, 0.1) is 0 Å². The van der Waals surface area contributed by atoms with Crippen molar-refractivity contribution < 1.29 is 14.1 Å². The number of carbonyl (C=O) groups is 1. The fourth-order valence-electron chi connectivity index (χ4n) is 3.17. The number of amides is 1. The number of carbonyl (C=O) groups excluding carboxylic acids is 1. The molecule has 0 bridgehead atoms. The van der Waals surface area contributed by atoms with Crippen molar-refractivity contribution in [3.63, 3.8) is 0 Å². The summed E-state index contributed by atoms with van der Waals surface area (Å²) in [6.07, 6.45) is 0.365. The van der Waals surface area contributed by atoms with Crippen molar-refractivity contribution >= 4 is 11.6 Å². The van der Waals surface area contributed by atoms with E-state index in [1.165, 1.54) is 0 Å². The Morgan fingerprint density at radius 1 is 1.15 bits per heavy atom. The predicted molar refractivity (Wildman–Crippen MR) is 97.1 cm³/mol. The van der Waals surface area contributed by atoms with Gasteiger partial charge in [0.2, 0.25) is 17.6 Å². The predicted octanol–water partition coefficient (Wildman–Crippen LogP) is 3.66. The highest BCUT2D eigenvalue weighted by Crippen LogP contribution is 2.33. The Labute approximate surface area is 151 Å². The molecule has 1 aliphatic rings. The van der Waals surface area contributed by atoms with Crippen molar-refractivity contribution in [3.8, 4) is 17.1 Å². The number of benzene rings is 2. The lowest BCUT2D eigenvalue weighted by Gasteiger charge is -2.15. The van der Waals surface area contributed by atoms with Gasteiger partial charge in [-0.25, -0.2) is 0 Å². The molecule has 132 valence electrons. The number of nitrogens with zero attached hydrogens (tertiary/aromatic N) is 3. The molecule has 6 heteroatoms. The minimum atomic E-state index is -0.108. The second-order valence-corrected chi connectivity index (χ2v) is 6.13. The van der Waals surface area contributed by atoms with Gasteiger partial charge in [0.1, 0.15) is 5.75 Å². The summed E-state index contributed by atoms with van der Waals surface area (Å²) in [4.78, 5) is 18.7. The Bertz CT molecular complexity index is 907. The summed E-state index contributed by atoms with van der Waals surface area (Å²) in [6.45, 7) is 3.03. The maximum absolute atomic E-state index is 12.4. The summed E-state index contributed by atoms with van der Waals surface area (Å²) in [7, 11) is 0. The van der Waals surface area contributed by atoms with Gasteiger partial charge < -0.3 is 14.2 Å². The van der Waals surface area contributed by atoms with E-state index >= 15 is 0 Å². The first-order chi connectivity index (χ1) is 12.8. The molecule has 1 unspecified atom stereocenters. The minimum Gasteiger partial charge on any atom is -0.493 e. The summed E-state index contributed by atoms with van der Waals surface area (Å²) in [6, 6.07) is 17.2. The van der Waals surface area contributed by atoms with Gasteiger partial charge in [0.05, 0.1) is 18.1 Å². The van der Waals surface area contributed by atoms with E-state index in [4.69, 9.17) is 9.26 Å². The van der Waals surface area contributed by atoms with Gasteiger partial charge in [0.25, 0.3) is 0 Å².